The van der Waals surface area contributed by atoms with Crippen molar-refractivity contribution < 1.29 is 8.83 Å². The van der Waals surface area contributed by atoms with Crippen molar-refractivity contribution in [2.45, 2.75) is 32.0 Å². The lowest BCUT2D eigenvalue weighted by atomic mass is 9.69. The normalized spacial score (nSPS) is 13.2. The minimum Gasteiger partial charge on any atom is -0.454 e. The molecule has 0 saturated carbocycles. The van der Waals surface area contributed by atoms with Crippen molar-refractivity contribution in [3.8, 4) is 22.3 Å². The van der Waals surface area contributed by atoms with Crippen LogP contribution in [0.1, 0.15) is 27.8 Å². The zero-order valence-electron chi connectivity index (χ0n) is 46.0. The van der Waals surface area contributed by atoms with E-state index in [1.165, 1.54) is 87.4 Å². The predicted octanol–water partition coefficient (Wildman–Crippen LogP) is 21.1. The maximum absolute atomic E-state index is 7.13. The van der Waals surface area contributed by atoms with Gasteiger partial charge in [0.2, 0.25) is 0 Å². The van der Waals surface area contributed by atoms with E-state index >= 15 is 0 Å². The van der Waals surface area contributed by atoms with Gasteiger partial charge in [-0.15, -0.1) is 0 Å². The first-order valence-electron chi connectivity index (χ1n) is 28.6. The van der Waals surface area contributed by atoms with Gasteiger partial charge in [0.15, 0.2) is 11.2 Å². The van der Waals surface area contributed by atoms with Gasteiger partial charge in [0.25, 0.3) is 0 Å². The summed E-state index contributed by atoms with van der Waals surface area (Å²) in [7, 11) is -1.75. The Bertz CT molecular complexity index is 5140. The molecule has 388 valence electrons. The second-order valence-corrected chi connectivity index (χ2v) is 28.6. The fourth-order valence-corrected chi connectivity index (χ4v) is 16.0. The molecule has 0 aliphatic heterocycles. The van der Waals surface area contributed by atoms with E-state index in [0.29, 0.717) is 0 Å². The van der Waals surface area contributed by atoms with Crippen LogP contribution in [0.15, 0.2) is 264 Å². The Balaban J connectivity index is 0.925. The van der Waals surface area contributed by atoms with Crippen LogP contribution in [-0.4, -0.2) is 8.07 Å². The van der Waals surface area contributed by atoms with Crippen molar-refractivity contribution in [3.05, 3.63) is 283 Å². The van der Waals surface area contributed by atoms with Crippen LogP contribution in [0.4, 0.5) is 34.1 Å². The molecule has 13 aromatic carbocycles. The highest BCUT2D eigenvalue weighted by molar-refractivity contribution is 6.90. The molecule has 0 N–H and O–H groups in total. The van der Waals surface area contributed by atoms with Gasteiger partial charge in [0, 0.05) is 44.3 Å². The maximum Gasteiger partial charge on any atom is 0.159 e. The van der Waals surface area contributed by atoms with Gasteiger partial charge in [-0.3, -0.25) is 0 Å². The fourth-order valence-electron chi connectivity index (χ4n) is 14.6. The van der Waals surface area contributed by atoms with E-state index in [4.69, 9.17) is 8.83 Å². The summed E-state index contributed by atoms with van der Waals surface area (Å²) in [4.78, 5) is 4.78. The summed E-state index contributed by atoms with van der Waals surface area (Å²) in [5.41, 5.74) is 20.8. The Labute approximate surface area is 476 Å². The number of nitrogens with zero attached hydrogens (tertiary/aromatic N) is 2. The Morgan fingerprint density at radius 2 is 0.841 bits per heavy atom. The van der Waals surface area contributed by atoms with Gasteiger partial charge >= 0.3 is 0 Å². The highest BCUT2D eigenvalue weighted by atomic mass is 28.3. The number of rotatable bonds is 7. The molecule has 1 spiro atoms. The van der Waals surface area contributed by atoms with E-state index < -0.39 is 13.5 Å². The summed E-state index contributed by atoms with van der Waals surface area (Å²) in [6, 6.07) is 94.6. The minimum absolute atomic E-state index is 0.643. The third-order valence-electron chi connectivity index (χ3n) is 18.0. The largest absolute Gasteiger partial charge is 0.454 e. The molecule has 0 atom stereocenters. The van der Waals surface area contributed by atoms with Crippen molar-refractivity contribution in [2.75, 3.05) is 9.80 Å². The Kier molecular flexibility index (Phi) is 9.89. The van der Waals surface area contributed by atoms with Crippen LogP contribution in [0.2, 0.25) is 19.6 Å². The molecule has 17 rings (SSSR count). The lowest BCUT2D eigenvalue weighted by Crippen LogP contribution is -2.37. The molecule has 2 aliphatic carbocycles. The van der Waals surface area contributed by atoms with E-state index in [1.807, 2.05) is 0 Å². The number of aryl methyl sites for hydroxylation is 1. The second kappa shape index (κ2) is 17.3. The molecular formula is C77H54N2O2Si. The van der Waals surface area contributed by atoms with Crippen LogP contribution in [-0.2, 0) is 5.41 Å². The SMILES string of the molecule is Cc1cccc2c1oc1c(N(c3ccccc3)c3ccc4c5c(c6ccccc6c4c3)-c3cc4ccc(N(c6ccccc6)c6cccc7c6oc6c([Si](C)(C)C)cccc67)cc4cc3C53c4ccccc4-c4ccccc43)cccc12. The van der Waals surface area contributed by atoms with Crippen LogP contribution in [0.25, 0.3) is 98.4 Å². The first-order valence-corrected chi connectivity index (χ1v) is 32.1. The van der Waals surface area contributed by atoms with E-state index in [9.17, 15) is 0 Å². The molecule has 82 heavy (non-hydrogen) atoms. The third-order valence-corrected chi connectivity index (χ3v) is 20.0. The number of para-hydroxylation sites is 6. The monoisotopic (exact) mass is 1070 g/mol. The topological polar surface area (TPSA) is 32.8 Å². The van der Waals surface area contributed by atoms with Crippen molar-refractivity contribution in [2.24, 2.45) is 0 Å². The van der Waals surface area contributed by atoms with E-state index in [1.54, 1.807) is 0 Å². The molecule has 4 nitrogen and oxygen atoms in total. The van der Waals surface area contributed by atoms with Gasteiger partial charge in [-0.05, 0) is 167 Å². The maximum atomic E-state index is 7.13. The Morgan fingerprint density at radius 3 is 1.49 bits per heavy atom. The van der Waals surface area contributed by atoms with Gasteiger partial charge < -0.3 is 18.6 Å². The lowest BCUT2D eigenvalue weighted by molar-refractivity contribution is 0.666. The average Bonchev–Trinajstić information content (AvgIpc) is 1.69. The number of hydrogen-bond acceptors (Lipinski definition) is 4. The van der Waals surface area contributed by atoms with Crippen molar-refractivity contribution in [1.82, 2.24) is 0 Å². The predicted molar refractivity (Wildman–Crippen MR) is 347 cm³/mol. The number of fused-ring (bicyclic) bond motifs is 22. The molecule has 15 aromatic rings. The Hall–Kier alpha value is -9.94. The molecular weight excluding hydrogens is 1010 g/mol. The second-order valence-electron chi connectivity index (χ2n) is 23.5. The zero-order chi connectivity index (χ0) is 54.6. The smallest absolute Gasteiger partial charge is 0.159 e. The highest BCUT2D eigenvalue weighted by Gasteiger charge is 2.53. The summed E-state index contributed by atoms with van der Waals surface area (Å²) < 4.78 is 14.0. The van der Waals surface area contributed by atoms with Crippen molar-refractivity contribution >= 4 is 124 Å². The van der Waals surface area contributed by atoms with Crippen LogP contribution in [0, 0.1) is 6.92 Å². The summed E-state index contributed by atoms with van der Waals surface area (Å²) >= 11 is 0. The molecule has 2 aromatic heterocycles. The standard InChI is InChI=1S/C77H54N2O2Si/c1-47-21-17-30-59-60-31-18-36-68(74(60)80-73(47)59)79(51-24-9-6-10-25-51)53-41-42-58-63(46-53)54-26-11-12-29-57(54)71-64-44-48-39-40-52(43-49(48)45-67(64)77(72(58)71)65-34-15-13-27-55(65)56-28-14-16-35-66(56)77)78(50-22-7-5-8-23-50)69-37-19-32-61-62-33-20-38-70(82(2,3)4)76(62)81-75(61)69/h5-46H,1-4H3. The summed E-state index contributed by atoms with van der Waals surface area (Å²) in [5, 5.41) is 13.1. The summed E-state index contributed by atoms with van der Waals surface area (Å²) in [6.45, 7) is 9.33. The first-order chi connectivity index (χ1) is 40.2. The molecule has 2 aliphatic rings. The van der Waals surface area contributed by atoms with Gasteiger partial charge in [0.05, 0.1) is 24.9 Å². The molecule has 0 saturated heterocycles. The van der Waals surface area contributed by atoms with Crippen LogP contribution in [0.5, 0.6) is 0 Å². The van der Waals surface area contributed by atoms with E-state index in [-0.39, 0.29) is 0 Å². The lowest BCUT2D eigenvalue weighted by Gasteiger charge is -2.32. The molecule has 0 radical (unpaired) electrons. The average molecular weight is 1070 g/mol. The number of anilines is 6. The third kappa shape index (κ3) is 6.48. The molecule has 0 bridgehead atoms. The quantitative estimate of drug-likeness (QED) is 0.118. The first kappa shape index (κ1) is 46.9. The van der Waals surface area contributed by atoms with Crippen molar-refractivity contribution in [1.29, 1.82) is 0 Å². The van der Waals surface area contributed by atoms with Gasteiger partial charge in [0.1, 0.15) is 11.2 Å². The Morgan fingerprint density at radius 1 is 0.329 bits per heavy atom. The number of furan rings is 2. The molecule has 0 fully saturated rings. The molecule has 2 heterocycles. The van der Waals surface area contributed by atoms with Gasteiger partial charge in [-0.25, -0.2) is 0 Å². The van der Waals surface area contributed by atoms with Gasteiger partial charge in [-0.2, -0.15) is 0 Å². The van der Waals surface area contributed by atoms with Crippen LogP contribution < -0.4 is 15.0 Å². The molecule has 5 heteroatoms. The van der Waals surface area contributed by atoms with E-state index in [0.717, 1.165) is 78.2 Å². The summed E-state index contributed by atoms with van der Waals surface area (Å²) in [6.07, 6.45) is 0. The van der Waals surface area contributed by atoms with Crippen LogP contribution >= 0.6 is 0 Å². The number of hydrogen-bond donors (Lipinski definition) is 0. The zero-order valence-corrected chi connectivity index (χ0v) is 47.0. The number of benzene rings is 13. The molecule has 0 amide bonds. The van der Waals surface area contributed by atoms with Crippen molar-refractivity contribution in [3.63, 3.8) is 0 Å². The highest BCUT2D eigenvalue weighted by Crippen LogP contribution is 2.66. The van der Waals surface area contributed by atoms with E-state index in [2.05, 4.69) is 291 Å². The summed E-state index contributed by atoms with van der Waals surface area (Å²) in [5.74, 6) is 0. The minimum atomic E-state index is -1.75. The van der Waals surface area contributed by atoms with Gasteiger partial charge in [-0.1, -0.05) is 202 Å². The fraction of sp³-hybridized carbons (Fsp3) is 0.0649. The van der Waals surface area contributed by atoms with Crippen LogP contribution in [0.3, 0.4) is 0 Å². The molecule has 0 unspecified atom stereocenters.